The lowest BCUT2D eigenvalue weighted by Gasteiger charge is -1.91. The molecule has 0 amide bonds. The molecular weight excluding hydrogens is 200 g/mol. The summed E-state index contributed by atoms with van der Waals surface area (Å²) in [7, 11) is 0. The average molecular weight is 212 g/mol. The molecule has 0 atom stereocenters. The van der Waals surface area contributed by atoms with Gasteiger partial charge in [-0.1, -0.05) is 13.3 Å². The van der Waals surface area contributed by atoms with Crippen molar-refractivity contribution in [1.82, 2.24) is 0 Å². The molecule has 4 heteroatoms. The molecule has 0 aliphatic rings. The van der Waals surface area contributed by atoms with Gasteiger partial charge in [-0.05, 0) is 18.6 Å². The van der Waals surface area contributed by atoms with E-state index < -0.39 is 11.8 Å². The van der Waals surface area contributed by atoms with Gasteiger partial charge >= 0.3 is 5.97 Å². The molecule has 1 aromatic heterocycles. The number of carbonyl (C=O) groups excluding carboxylic acids is 1. The topological polar surface area (TPSA) is 54.4 Å². The molecule has 0 radical (unpaired) electrons. The summed E-state index contributed by atoms with van der Waals surface area (Å²) in [4.78, 5) is 23.2. The first-order valence-electron chi connectivity index (χ1n) is 4.47. The van der Waals surface area contributed by atoms with Crippen LogP contribution in [-0.4, -0.2) is 16.9 Å². The molecule has 0 unspecified atom stereocenters. The maximum absolute atomic E-state index is 10.9. The highest BCUT2D eigenvalue weighted by Crippen LogP contribution is 2.18. The molecule has 0 fully saturated rings. The first-order chi connectivity index (χ1) is 6.63. The zero-order valence-electron chi connectivity index (χ0n) is 7.95. The molecule has 0 aliphatic carbocycles. The molecule has 1 aromatic rings. The maximum atomic E-state index is 10.9. The lowest BCUT2D eigenvalue weighted by atomic mass is 10.2. The largest absolute Gasteiger partial charge is 0.475 e. The highest BCUT2D eigenvalue weighted by Gasteiger charge is 2.13. The third kappa shape index (κ3) is 2.96. The van der Waals surface area contributed by atoms with E-state index in [1.807, 2.05) is 12.1 Å². The van der Waals surface area contributed by atoms with E-state index in [1.165, 1.54) is 16.2 Å². The summed E-state index contributed by atoms with van der Waals surface area (Å²) in [5.74, 6) is -2.09. The van der Waals surface area contributed by atoms with Crippen LogP contribution < -0.4 is 0 Å². The van der Waals surface area contributed by atoms with Gasteiger partial charge in [-0.2, -0.15) is 0 Å². The summed E-state index contributed by atoms with van der Waals surface area (Å²) in [5, 5.41) is 8.41. The standard InChI is InChI=1S/C10H12O3S/c1-2-3-7-4-5-8(14-7)6-9(11)10(12)13/h4-5H,2-3,6H2,1H3,(H,12,13). The molecule has 3 nitrogen and oxygen atoms in total. The van der Waals surface area contributed by atoms with E-state index in [0.717, 1.165) is 17.7 Å². The molecule has 0 saturated carbocycles. The molecule has 1 N–H and O–H groups in total. The smallest absolute Gasteiger partial charge is 0.372 e. The number of aryl methyl sites for hydroxylation is 1. The lowest BCUT2D eigenvalue weighted by Crippen LogP contribution is -2.14. The third-order valence-corrected chi connectivity index (χ3v) is 2.93. The minimum Gasteiger partial charge on any atom is -0.475 e. The fraction of sp³-hybridized carbons (Fsp3) is 0.400. The van der Waals surface area contributed by atoms with Crippen molar-refractivity contribution in [1.29, 1.82) is 0 Å². The number of rotatable bonds is 5. The SMILES string of the molecule is CCCc1ccc(CC(=O)C(=O)O)s1. The number of thiophene rings is 1. The zero-order valence-corrected chi connectivity index (χ0v) is 8.76. The lowest BCUT2D eigenvalue weighted by molar-refractivity contribution is -0.148. The second-order valence-corrected chi connectivity index (χ2v) is 4.28. The summed E-state index contributed by atoms with van der Waals surface area (Å²) in [6.45, 7) is 2.09. The summed E-state index contributed by atoms with van der Waals surface area (Å²) >= 11 is 1.52. The Morgan fingerprint density at radius 3 is 2.57 bits per heavy atom. The van der Waals surface area contributed by atoms with E-state index >= 15 is 0 Å². The van der Waals surface area contributed by atoms with E-state index in [2.05, 4.69) is 6.92 Å². The number of aliphatic carboxylic acids is 1. The van der Waals surface area contributed by atoms with Crippen molar-refractivity contribution in [2.24, 2.45) is 0 Å². The quantitative estimate of drug-likeness (QED) is 0.758. The van der Waals surface area contributed by atoms with Crippen LogP contribution in [0.4, 0.5) is 0 Å². The molecule has 0 spiro atoms. The second kappa shape index (κ2) is 4.91. The van der Waals surface area contributed by atoms with Crippen LogP contribution in [0.5, 0.6) is 0 Å². The molecule has 76 valence electrons. The van der Waals surface area contributed by atoms with Crippen molar-refractivity contribution in [3.8, 4) is 0 Å². The van der Waals surface area contributed by atoms with Crippen LogP contribution >= 0.6 is 11.3 Å². The van der Waals surface area contributed by atoms with Gasteiger partial charge in [0.1, 0.15) is 0 Å². The molecule has 0 bridgehead atoms. The summed E-state index contributed by atoms with van der Waals surface area (Å²) in [5.41, 5.74) is 0. The highest BCUT2D eigenvalue weighted by atomic mass is 32.1. The zero-order chi connectivity index (χ0) is 10.6. The Hall–Kier alpha value is -1.16. The first kappa shape index (κ1) is 10.9. The first-order valence-corrected chi connectivity index (χ1v) is 5.29. The van der Waals surface area contributed by atoms with Crippen LogP contribution in [0.25, 0.3) is 0 Å². The number of hydrogen-bond acceptors (Lipinski definition) is 3. The predicted molar refractivity (Wildman–Crippen MR) is 54.7 cm³/mol. The highest BCUT2D eigenvalue weighted by molar-refractivity contribution is 7.12. The Bertz CT molecular complexity index is 341. The van der Waals surface area contributed by atoms with Crippen molar-refractivity contribution >= 4 is 23.1 Å². The number of Topliss-reactive ketones (excluding diaryl/α,β-unsaturated/α-hetero) is 1. The van der Waals surface area contributed by atoms with E-state index in [9.17, 15) is 9.59 Å². The van der Waals surface area contributed by atoms with Crippen molar-refractivity contribution < 1.29 is 14.7 Å². The molecule has 14 heavy (non-hydrogen) atoms. The van der Waals surface area contributed by atoms with Crippen LogP contribution in [0.1, 0.15) is 23.1 Å². The van der Waals surface area contributed by atoms with Gasteiger partial charge in [-0.25, -0.2) is 4.79 Å². The second-order valence-electron chi connectivity index (χ2n) is 3.02. The van der Waals surface area contributed by atoms with Gasteiger partial charge in [0.05, 0.1) is 6.42 Å². The molecule has 0 aromatic carbocycles. The Morgan fingerprint density at radius 2 is 2.00 bits per heavy atom. The summed E-state index contributed by atoms with van der Waals surface area (Å²) in [6.07, 6.45) is 2.07. The van der Waals surface area contributed by atoms with Crippen LogP contribution in [0.3, 0.4) is 0 Å². The van der Waals surface area contributed by atoms with Crippen molar-refractivity contribution in [3.63, 3.8) is 0 Å². The Labute approximate surface area is 86.4 Å². The Kier molecular flexibility index (Phi) is 3.83. The van der Waals surface area contributed by atoms with E-state index in [1.54, 1.807) is 0 Å². The van der Waals surface area contributed by atoms with E-state index in [0.29, 0.717) is 0 Å². The number of carbonyl (C=O) groups is 2. The van der Waals surface area contributed by atoms with E-state index in [-0.39, 0.29) is 6.42 Å². The Balaban J connectivity index is 2.59. The van der Waals surface area contributed by atoms with Crippen molar-refractivity contribution in [2.75, 3.05) is 0 Å². The van der Waals surface area contributed by atoms with Crippen LogP contribution in [0, 0.1) is 0 Å². The van der Waals surface area contributed by atoms with Crippen LogP contribution in [-0.2, 0) is 22.4 Å². The number of hydrogen-bond donors (Lipinski definition) is 1. The minimum atomic E-state index is -1.35. The Morgan fingerprint density at radius 1 is 1.36 bits per heavy atom. The average Bonchev–Trinajstić information content (AvgIpc) is 2.53. The van der Waals surface area contributed by atoms with Crippen molar-refractivity contribution in [2.45, 2.75) is 26.2 Å². The number of carboxylic acids is 1. The summed E-state index contributed by atoms with van der Waals surface area (Å²) in [6, 6.07) is 3.79. The van der Waals surface area contributed by atoms with Gasteiger partial charge in [0.2, 0.25) is 5.78 Å². The van der Waals surface area contributed by atoms with Gasteiger partial charge in [0, 0.05) is 9.75 Å². The van der Waals surface area contributed by atoms with Gasteiger partial charge in [-0.15, -0.1) is 11.3 Å². The third-order valence-electron chi connectivity index (χ3n) is 1.79. The van der Waals surface area contributed by atoms with Crippen molar-refractivity contribution in [3.05, 3.63) is 21.9 Å². The fourth-order valence-electron chi connectivity index (χ4n) is 1.13. The summed E-state index contributed by atoms with van der Waals surface area (Å²) < 4.78 is 0. The minimum absolute atomic E-state index is 0.0176. The van der Waals surface area contributed by atoms with Gasteiger partial charge in [0.25, 0.3) is 0 Å². The van der Waals surface area contributed by atoms with Crippen LogP contribution in [0.2, 0.25) is 0 Å². The van der Waals surface area contributed by atoms with Gasteiger partial charge in [-0.3, -0.25) is 4.79 Å². The molecular formula is C10H12O3S. The molecule has 0 saturated heterocycles. The van der Waals surface area contributed by atoms with E-state index in [4.69, 9.17) is 5.11 Å². The molecule has 1 heterocycles. The normalized spacial score (nSPS) is 10.1. The fourth-order valence-corrected chi connectivity index (χ4v) is 2.25. The monoisotopic (exact) mass is 212 g/mol. The predicted octanol–water partition coefficient (Wildman–Crippen LogP) is 1.90. The van der Waals surface area contributed by atoms with Crippen LogP contribution in [0.15, 0.2) is 12.1 Å². The maximum Gasteiger partial charge on any atom is 0.372 e. The number of ketones is 1. The van der Waals surface area contributed by atoms with Gasteiger partial charge < -0.3 is 5.11 Å². The van der Waals surface area contributed by atoms with Gasteiger partial charge in [0.15, 0.2) is 0 Å². The number of carboxylic acid groups (broad SMARTS) is 1. The molecule has 1 rings (SSSR count). The molecule has 0 aliphatic heterocycles.